The molecule has 0 saturated carbocycles. The van der Waals surface area contributed by atoms with E-state index < -0.39 is 24.3 Å². The molecule has 2 aliphatic rings. The topological polar surface area (TPSA) is 213 Å². The minimum Gasteiger partial charge on any atom is -0.453 e. The Hall–Kier alpha value is -6.39. The first-order valence-corrected chi connectivity index (χ1v) is 19.6. The smallest absolute Gasteiger partial charge is 0.407 e. The number of hydrogen-bond acceptors (Lipinski definition) is 11. The molecule has 58 heavy (non-hydrogen) atoms. The monoisotopic (exact) mass is 791 g/mol. The van der Waals surface area contributed by atoms with E-state index in [1.807, 2.05) is 58.0 Å². The van der Waals surface area contributed by atoms with Gasteiger partial charge in [0.15, 0.2) is 0 Å². The molecule has 4 unspecified atom stereocenters. The third kappa shape index (κ3) is 8.19. The van der Waals surface area contributed by atoms with E-state index in [4.69, 9.17) is 19.4 Å². The van der Waals surface area contributed by atoms with E-state index in [1.165, 1.54) is 14.2 Å². The average Bonchev–Trinajstić information content (AvgIpc) is 4.07. The Labute approximate surface area is 335 Å². The molecule has 304 valence electrons. The lowest BCUT2D eigenvalue weighted by Crippen LogP contribution is -2.51. The number of aromatic nitrogens is 7. The summed E-state index contributed by atoms with van der Waals surface area (Å²) in [5.41, 5.74) is 5.96. The van der Waals surface area contributed by atoms with Crippen molar-refractivity contribution in [3.8, 4) is 33.9 Å². The minimum atomic E-state index is -0.708. The van der Waals surface area contributed by atoms with Crippen LogP contribution < -0.4 is 10.6 Å². The Balaban J connectivity index is 1.02. The molecular formula is C41H49N11O6. The van der Waals surface area contributed by atoms with Crippen LogP contribution in [0, 0.1) is 11.8 Å². The molecule has 4 aromatic heterocycles. The van der Waals surface area contributed by atoms with Gasteiger partial charge < -0.3 is 39.9 Å². The molecule has 0 bridgehead atoms. The normalized spacial score (nSPS) is 17.8. The van der Waals surface area contributed by atoms with Gasteiger partial charge in [0, 0.05) is 30.4 Å². The molecule has 2 saturated heterocycles. The Morgan fingerprint density at radius 2 is 1.24 bits per heavy atom. The number of nitrogens with one attached hydrogen (secondary N) is 4. The van der Waals surface area contributed by atoms with Crippen molar-refractivity contribution in [1.29, 1.82) is 0 Å². The third-order valence-corrected chi connectivity index (χ3v) is 10.9. The fourth-order valence-corrected chi connectivity index (χ4v) is 7.70. The number of H-pyrrole nitrogens is 2. The predicted molar refractivity (Wildman–Crippen MR) is 214 cm³/mol. The maximum Gasteiger partial charge on any atom is 0.407 e. The first kappa shape index (κ1) is 39.8. The molecule has 5 aromatic rings. The lowest BCUT2D eigenvalue weighted by molar-refractivity contribution is -0.136. The highest BCUT2D eigenvalue weighted by molar-refractivity contribution is 5.87. The van der Waals surface area contributed by atoms with Gasteiger partial charge in [-0.15, -0.1) is 0 Å². The van der Waals surface area contributed by atoms with Crippen molar-refractivity contribution in [3.05, 3.63) is 66.8 Å². The van der Waals surface area contributed by atoms with Gasteiger partial charge in [0.25, 0.3) is 0 Å². The number of fused-ring (bicyclic) bond motifs is 1. The number of amides is 4. The number of imidazole rings is 2. The van der Waals surface area contributed by atoms with Crippen molar-refractivity contribution < 1.29 is 28.7 Å². The first-order chi connectivity index (χ1) is 27.9. The van der Waals surface area contributed by atoms with E-state index in [0.717, 1.165) is 53.5 Å². The van der Waals surface area contributed by atoms with Crippen LogP contribution in [0.15, 0.2) is 55.1 Å². The number of benzene rings is 1. The van der Waals surface area contributed by atoms with Gasteiger partial charge in [-0.3, -0.25) is 24.5 Å². The summed E-state index contributed by atoms with van der Waals surface area (Å²) in [5.74, 6) is 0.807. The van der Waals surface area contributed by atoms with E-state index in [1.54, 1.807) is 34.6 Å². The lowest BCUT2D eigenvalue weighted by Gasteiger charge is -2.30. The fraction of sp³-hybridized carbons (Fsp3) is 0.439. The Kier molecular flexibility index (Phi) is 11.7. The zero-order chi connectivity index (χ0) is 41.1. The number of carbonyl (C=O) groups excluding carboxylic acids is 4. The van der Waals surface area contributed by atoms with Crippen LogP contribution in [0.3, 0.4) is 0 Å². The van der Waals surface area contributed by atoms with Crippen molar-refractivity contribution in [3.63, 3.8) is 0 Å². The highest BCUT2D eigenvalue weighted by Crippen LogP contribution is 2.35. The van der Waals surface area contributed by atoms with Crippen molar-refractivity contribution in [2.45, 2.75) is 77.5 Å². The summed E-state index contributed by atoms with van der Waals surface area (Å²) in [6, 6.07) is 7.74. The third-order valence-electron chi connectivity index (χ3n) is 10.9. The van der Waals surface area contributed by atoms with Crippen LogP contribution in [0.25, 0.3) is 44.9 Å². The van der Waals surface area contributed by atoms with Crippen LogP contribution in [0.5, 0.6) is 0 Å². The van der Waals surface area contributed by atoms with Gasteiger partial charge >= 0.3 is 12.2 Å². The number of pyridine rings is 1. The van der Waals surface area contributed by atoms with E-state index in [0.29, 0.717) is 41.8 Å². The number of aromatic amines is 2. The molecule has 4 atom stereocenters. The van der Waals surface area contributed by atoms with E-state index in [9.17, 15) is 19.2 Å². The molecular weight excluding hydrogens is 743 g/mol. The second kappa shape index (κ2) is 17.0. The van der Waals surface area contributed by atoms with Crippen LogP contribution >= 0.6 is 0 Å². The number of carbonyl (C=O) groups is 4. The highest BCUT2D eigenvalue weighted by Gasteiger charge is 2.39. The maximum atomic E-state index is 13.6. The summed E-state index contributed by atoms with van der Waals surface area (Å²) in [7, 11) is 2.56. The van der Waals surface area contributed by atoms with Gasteiger partial charge in [-0.2, -0.15) is 0 Å². The number of rotatable bonds is 11. The number of hydrogen-bond donors (Lipinski definition) is 4. The molecule has 0 spiro atoms. The van der Waals surface area contributed by atoms with Gasteiger partial charge in [0.05, 0.1) is 73.0 Å². The largest absolute Gasteiger partial charge is 0.453 e. The van der Waals surface area contributed by atoms with Crippen LogP contribution in [0.4, 0.5) is 9.59 Å². The number of methoxy groups -OCH3 is 2. The summed E-state index contributed by atoms with van der Waals surface area (Å²) in [5, 5.41) is 5.37. The average molecular weight is 792 g/mol. The molecule has 7 rings (SSSR count). The molecule has 2 fully saturated rings. The second-order valence-corrected chi connectivity index (χ2v) is 15.3. The SMILES string of the molecule is COC(=O)NC(C(=O)N1CCCC1c1ncc(-c2ccc(-c3cnc(-c4ccc5nc(C6CCCN6C(=O)C(NC(=O)OC)C(C)C)[nH]c5c4)cn3)nc2)[nH]1)C(C)C. The first-order valence-electron chi connectivity index (χ1n) is 19.6. The van der Waals surface area contributed by atoms with Crippen molar-refractivity contribution in [2.75, 3.05) is 27.3 Å². The van der Waals surface area contributed by atoms with Gasteiger partial charge in [-0.05, 0) is 61.8 Å². The maximum absolute atomic E-state index is 13.6. The zero-order valence-electron chi connectivity index (χ0n) is 33.5. The molecule has 2 aliphatic heterocycles. The molecule has 1 aromatic carbocycles. The van der Waals surface area contributed by atoms with Crippen molar-refractivity contribution >= 4 is 35.0 Å². The van der Waals surface area contributed by atoms with Crippen LogP contribution in [0.1, 0.15) is 77.1 Å². The molecule has 4 amide bonds. The molecule has 17 heteroatoms. The Bertz CT molecular complexity index is 2270. The lowest BCUT2D eigenvalue weighted by atomic mass is 10.0. The highest BCUT2D eigenvalue weighted by atomic mass is 16.5. The molecule has 6 heterocycles. The standard InChI is InChI=1S/C41H49N11O6/c1-22(2)34(49-40(55)57-5)38(53)51-15-7-9-32(51)36-45-20-30(48-36)25-12-13-26(42-18-25)31-21-43-29(19-44-31)24-11-14-27-28(17-24)47-37(46-27)33-10-8-16-52(33)39(54)35(23(3)4)50-41(56)58-6/h11-14,17-23,32-35H,7-10,15-16H2,1-6H3,(H,45,48)(H,46,47)(H,49,55)(H,50,56). The number of nitrogens with zero attached hydrogens (tertiary/aromatic N) is 7. The molecule has 17 nitrogen and oxygen atoms in total. The van der Waals surface area contributed by atoms with Crippen molar-refractivity contribution in [2.24, 2.45) is 11.8 Å². The van der Waals surface area contributed by atoms with Crippen LogP contribution in [0.2, 0.25) is 0 Å². The van der Waals surface area contributed by atoms with Crippen LogP contribution in [-0.2, 0) is 19.1 Å². The summed E-state index contributed by atoms with van der Waals surface area (Å²) < 4.78 is 9.50. The fourth-order valence-electron chi connectivity index (χ4n) is 7.70. The van der Waals surface area contributed by atoms with Gasteiger partial charge in [-0.25, -0.2) is 19.6 Å². The van der Waals surface area contributed by atoms with E-state index in [2.05, 4.69) is 35.6 Å². The summed E-state index contributed by atoms with van der Waals surface area (Å²) >= 11 is 0. The Morgan fingerprint density at radius 1 is 0.672 bits per heavy atom. The van der Waals surface area contributed by atoms with E-state index in [-0.39, 0.29) is 35.7 Å². The van der Waals surface area contributed by atoms with E-state index >= 15 is 0 Å². The Morgan fingerprint density at radius 3 is 1.79 bits per heavy atom. The predicted octanol–water partition coefficient (Wildman–Crippen LogP) is 5.56. The van der Waals surface area contributed by atoms with Gasteiger partial charge in [0.1, 0.15) is 29.4 Å². The van der Waals surface area contributed by atoms with Crippen molar-refractivity contribution in [1.82, 2.24) is 55.3 Å². The van der Waals surface area contributed by atoms with Crippen LogP contribution in [-0.4, -0.2) is 108 Å². The molecule has 4 N–H and O–H groups in total. The van der Waals surface area contributed by atoms with Gasteiger partial charge in [0.2, 0.25) is 11.8 Å². The quantitative estimate of drug-likeness (QED) is 0.130. The number of likely N-dealkylation sites (tertiary alicyclic amines) is 2. The molecule has 0 aliphatic carbocycles. The van der Waals surface area contributed by atoms with Gasteiger partial charge in [-0.1, -0.05) is 33.8 Å². The summed E-state index contributed by atoms with van der Waals surface area (Å²) in [4.78, 5) is 84.9. The minimum absolute atomic E-state index is 0.121. The number of ether oxygens (including phenoxy) is 2. The second-order valence-electron chi connectivity index (χ2n) is 15.3. The summed E-state index contributed by atoms with van der Waals surface area (Å²) in [6.45, 7) is 8.70. The molecule has 0 radical (unpaired) electrons. The number of alkyl carbamates (subject to hydrolysis) is 2. The summed E-state index contributed by atoms with van der Waals surface area (Å²) in [6.07, 6.45) is 8.77. The zero-order valence-corrected chi connectivity index (χ0v) is 33.5.